The van der Waals surface area contributed by atoms with Gasteiger partial charge in [0.15, 0.2) is 0 Å². The molecule has 0 radical (unpaired) electrons. The van der Waals surface area contributed by atoms with Crippen molar-refractivity contribution >= 4 is 17.6 Å². The molecule has 0 aromatic heterocycles. The second-order valence-corrected chi connectivity index (χ2v) is 5.40. The Labute approximate surface area is 106 Å². The van der Waals surface area contributed by atoms with Crippen LogP contribution in [0.3, 0.4) is 0 Å². The van der Waals surface area contributed by atoms with E-state index in [0.29, 0.717) is 0 Å². The van der Waals surface area contributed by atoms with E-state index in [0.717, 1.165) is 24.1 Å². The number of aromatic carboxylic acids is 1. The van der Waals surface area contributed by atoms with Gasteiger partial charge < -0.3 is 10.0 Å². The molecular weight excluding hydrogens is 230 g/mol. The van der Waals surface area contributed by atoms with Crippen molar-refractivity contribution in [3.8, 4) is 0 Å². The third-order valence-corrected chi connectivity index (χ3v) is 3.59. The fourth-order valence-electron chi connectivity index (χ4n) is 2.36. The fraction of sp³-hybridized carbons (Fsp3) is 0.429. The highest BCUT2D eigenvalue weighted by Gasteiger charge is 2.34. The zero-order chi connectivity index (χ0) is 13.5. The third kappa shape index (κ3) is 1.98. The number of carboxylic acids is 1. The van der Waals surface area contributed by atoms with Crippen LogP contribution in [-0.4, -0.2) is 24.0 Å². The molecule has 2 rings (SSSR count). The number of amides is 1. The van der Waals surface area contributed by atoms with Crippen LogP contribution >= 0.6 is 0 Å². The van der Waals surface area contributed by atoms with E-state index >= 15 is 0 Å². The van der Waals surface area contributed by atoms with Gasteiger partial charge in [-0.2, -0.15) is 0 Å². The number of aryl methyl sites for hydroxylation is 1. The van der Waals surface area contributed by atoms with Crippen LogP contribution in [0.1, 0.15) is 36.2 Å². The first-order valence-corrected chi connectivity index (χ1v) is 5.97. The fourth-order valence-corrected chi connectivity index (χ4v) is 2.36. The van der Waals surface area contributed by atoms with Gasteiger partial charge in [0, 0.05) is 18.2 Å². The molecule has 0 saturated heterocycles. The molecule has 0 unspecified atom stereocenters. The van der Waals surface area contributed by atoms with E-state index in [2.05, 4.69) is 0 Å². The molecule has 0 saturated carbocycles. The van der Waals surface area contributed by atoms with E-state index in [1.54, 1.807) is 30.1 Å². The number of carboxylic acid groups (broad SMARTS) is 1. The molecule has 0 aliphatic carbocycles. The molecule has 4 heteroatoms. The second kappa shape index (κ2) is 4.12. The number of hydrogen-bond donors (Lipinski definition) is 1. The van der Waals surface area contributed by atoms with Crippen LogP contribution < -0.4 is 4.90 Å². The first kappa shape index (κ1) is 12.6. The normalized spacial score (nSPS) is 18.2. The maximum atomic E-state index is 12.3. The summed E-state index contributed by atoms with van der Waals surface area (Å²) >= 11 is 0. The highest BCUT2D eigenvalue weighted by molar-refractivity contribution is 5.99. The molecule has 1 aliphatic rings. The standard InChI is InChI=1S/C14H17NO3/c1-14(2)7-6-9-8-10(12(16)17)4-5-11(9)15(3)13(14)18/h4-5,8H,6-7H2,1-3H3,(H,16,17). The van der Waals surface area contributed by atoms with Gasteiger partial charge in [0.1, 0.15) is 0 Å². The van der Waals surface area contributed by atoms with Crippen molar-refractivity contribution in [1.82, 2.24) is 0 Å². The lowest BCUT2D eigenvalue weighted by molar-refractivity contribution is -0.126. The van der Waals surface area contributed by atoms with E-state index < -0.39 is 11.4 Å². The van der Waals surface area contributed by atoms with Crippen molar-refractivity contribution in [2.75, 3.05) is 11.9 Å². The van der Waals surface area contributed by atoms with Crippen LogP contribution in [0.15, 0.2) is 18.2 Å². The lowest BCUT2D eigenvalue weighted by atomic mass is 9.86. The Morgan fingerprint density at radius 3 is 2.67 bits per heavy atom. The van der Waals surface area contributed by atoms with E-state index in [-0.39, 0.29) is 11.5 Å². The maximum absolute atomic E-state index is 12.3. The first-order chi connectivity index (χ1) is 8.33. The Bertz CT molecular complexity index is 520. The van der Waals surface area contributed by atoms with Crippen LogP contribution in [0.25, 0.3) is 0 Å². The number of carbonyl (C=O) groups is 2. The van der Waals surface area contributed by atoms with Crippen molar-refractivity contribution in [3.05, 3.63) is 29.3 Å². The van der Waals surface area contributed by atoms with Gasteiger partial charge >= 0.3 is 5.97 Å². The Morgan fingerprint density at radius 1 is 1.39 bits per heavy atom. The molecule has 1 aromatic carbocycles. The van der Waals surface area contributed by atoms with Gasteiger partial charge in [0.2, 0.25) is 5.91 Å². The zero-order valence-corrected chi connectivity index (χ0v) is 10.9. The molecule has 96 valence electrons. The number of nitrogens with zero attached hydrogens (tertiary/aromatic N) is 1. The molecule has 0 atom stereocenters. The summed E-state index contributed by atoms with van der Waals surface area (Å²) in [6.07, 6.45) is 1.45. The van der Waals surface area contributed by atoms with E-state index in [1.807, 2.05) is 13.8 Å². The average molecular weight is 247 g/mol. The van der Waals surface area contributed by atoms with Gasteiger partial charge in [-0.15, -0.1) is 0 Å². The average Bonchev–Trinajstić information content (AvgIpc) is 2.41. The molecule has 0 bridgehead atoms. The Balaban J connectivity index is 2.50. The monoisotopic (exact) mass is 247 g/mol. The molecule has 1 heterocycles. The summed E-state index contributed by atoms with van der Waals surface area (Å²) in [4.78, 5) is 24.9. The van der Waals surface area contributed by atoms with Crippen LogP contribution in [0, 0.1) is 5.41 Å². The van der Waals surface area contributed by atoms with Crippen LogP contribution in [0.5, 0.6) is 0 Å². The van der Waals surface area contributed by atoms with Crippen molar-refractivity contribution in [1.29, 1.82) is 0 Å². The predicted octanol–water partition coefficient (Wildman–Crippen LogP) is 2.32. The highest BCUT2D eigenvalue weighted by Crippen LogP contribution is 2.35. The second-order valence-electron chi connectivity index (χ2n) is 5.40. The zero-order valence-electron chi connectivity index (χ0n) is 10.9. The largest absolute Gasteiger partial charge is 0.478 e. The maximum Gasteiger partial charge on any atom is 0.335 e. The molecular formula is C14H17NO3. The van der Waals surface area contributed by atoms with Crippen LogP contribution in [0.4, 0.5) is 5.69 Å². The minimum Gasteiger partial charge on any atom is -0.478 e. The summed E-state index contributed by atoms with van der Waals surface area (Å²) in [5, 5.41) is 9.00. The van der Waals surface area contributed by atoms with Crippen molar-refractivity contribution in [3.63, 3.8) is 0 Å². The molecule has 0 spiro atoms. The highest BCUT2D eigenvalue weighted by atomic mass is 16.4. The van der Waals surface area contributed by atoms with Crippen molar-refractivity contribution in [2.45, 2.75) is 26.7 Å². The van der Waals surface area contributed by atoms with E-state index in [4.69, 9.17) is 5.11 Å². The van der Waals surface area contributed by atoms with Gasteiger partial charge in [0.05, 0.1) is 5.56 Å². The summed E-state index contributed by atoms with van der Waals surface area (Å²) in [7, 11) is 1.74. The third-order valence-electron chi connectivity index (χ3n) is 3.59. The first-order valence-electron chi connectivity index (χ1n) is 5.97. The molecule has 1 N–H and O–H groups in total. The lowest BCUT2D eigenvalue weighted by Crippen LogP contribution is -2.37. The van der Waals surface area contributed by atoms with Gasteiger partial charge in [-0.1, -0.05) is 13.8 Å². The van der Waals surface area contributed by atoms with Crippen molar-refractivity contribution < 1.29 is 14.7 Å². The molecule has 4 nitrogen and oxygen atoms in total. The van der Waals surface area contributed by atoms with Gasteiger partial charge in [-0.25, -0.2) is 4.79 Å². The number of fused-ring (bicyclic) bond motifs is 1. The number of hydrogen-bond acceptors (Lipinski definition) is 2. The van der Waals surface area contributed by atoms with Crippen LogP contribution in [0.2, 0.25) is 0 Å². The predicted molar refractivity (Wildman–Crippen MR) is 68.9 cm³/mol. The summed E-state index contributed by atoms with van der Waals surface area (Å²) in [6.45, 7) is 3.85. The SMILES string of the molecule is CN1C(=O)C(C)(C)CCc2cc(C(=O)O)ccc21. The lowest BCUT2D eigenvalue weighted by Gasteiger charge is -2.26. The Hall–Kier alpha value is -1.84. The minimum atomic E-state index is -0.935. The molecule has 0 fully saturated rings. The van der Waals surface area contributed by atoms with E-state index in [1.165, 1.54) is 0 Å². The number of anilines is 1. The molecule has 1 aromatic rings. The number of carbonyl (C=O) groups excluding carboxylic acids is 1. The summed E-state index contributed by atoms with van der Waals surface area (Å²) in [5.74, 6) is -0.861. The Morgan fingerprint density at radius 2 is 2.06 bits per heavy atom. The summed E-state index contributed by atoms with van der Waals surface area (Å²) < 4.78 is 0. The van der Waals surface area contributed by atoms with Gasteiger partial charge in [-0.3, -0.25) is 4.79 Å². The van der Waals surface area contributed by atoms with Crippen molar-refractivity contribution in [2.24, 2.45) is 5.41 Å². The smallest absolute Gasteiger partial charge is 0.335 e. The quantitative estimate of drug-likeness (QED) is 0.828. The van der Waals surface area contributed by atoms with Gasteiger partial charge in [0.25, 0.3) is 0 Å². The Kier molecular flexibility index (Phi) is 2.89. The number of benzene rings is 1. The molecule has 1 aliphatic heterocycles. The summed E-state index contributed by atoms with van der Waals surface area (Å²) in [5.41, 5.74) is 1.61. The number of rotatable bonds is 1. The molecule has 1 amide bonds. The van der Waals surface area contributed by atoms with Crippen LogP contribution in [-0.2, 0) is 11.2 Å². The van der Waals surface area contributed by atoms with Gasteiger partial charge in [-0.05, 0) is 36.6 Å². The van der Waals surface area contributed by atoms with E-state index in [9.17, 15) is 9.59 Å². The topological polar surface area (TPSA) is 57.6 Å². The summed E-state index contributed by atoms with van der Waals surface area (Å²) in [6, 6.07) is 4.93. The molecule has 18 heavy (non-hydrogen) atoms. The minimum absolute atomic E-state index is 0.0734.